The lowest BCUT2D eigenvalue weighted by molar-refractivity contribution is -0.386. The Morgan fingerprint density at radius 1 is 1.47 bits per heavy atom. The highest BCUT2D eigenvalue weighted by atomic mass is 79.9. The van der Waals surface area contributed by atoms with E-state index in [1.165, 1.54) is 0 Å². The van der Waals surface area contributed by atoms with Gasteiger partial charge in [-0.3, -0.25) is 10.1 Å². The van der Waals surface area contributed by atoms with Crippen LogP contribution in [0.15, 0.2) is 21.5 Å². The number of halogens is 1. The minimum atomic E-state index is -4.07. The van der Waals surface area contributed by atoms with Crippen molar-refractivity contribution in [3.05, 3.63) is 26.7 Å². The molecule has 0 aliphatic heterocycles. The Hall–Kier alpha value is -1.19. The van der Waals surface area contributed by atoms with E-state index in [0.717, 1.165) is 6.07 Å². The van der Waals surface area contributed by atoms with Gasteiger partial charge in [-0.15, -0.1) is 0 Å². The summed E-state index contributed by atoms with van der Waals surface area (Å²) in [5.41, 5.74) is -0.720. The molecule has 0 heterocycles. The molecule has 0 aliphatic rings. The van der Waals surface area contributed by atoms with Crippen molar-refractivity contribution < 1.29 is 18.4 Å². The van der Waals surface area contributed by atoms with Gasteiger partial charge in [0, 0.05) is 16.6 Å². The molecule has 15 heavy (non-hydrogen) atoms. The molecule has 3 N–H and O–H groups in total. The maximum atomic E-state index is 11.0. The zero-order chi connectivity index (χ0) is 11.8. The molecule has 0 aromatic heterocycles. The molecule has 9 heteroatoms. The number of nitro groups is 1. The van der Waals surface area contributed by atoms with E-state index in [2.05, 4.69) is 15.9 Å². The second kappa shape index (κ2) is 3.76. The van der Waals surface area contributed by atoms with Gasteiger partial charge in [0.25, 0.3) is 0 Å². The van der Waals surface area contributed by atoms with Gasteiger partial charge < -0.3 is 5.11 Å². The van der Waals surface area contributed by atoms with Crippen molar-refractivity contribution in [2.75, 3.05) is 0 Å². The average Bonchev–Trinajstić information content (AvgIpc) is 2.00. The fraction of sp³-hybridized carbons (Fsp3) is 0. The quantitative estimate of drug-likeness (QED) is 0.614. The number of primary sulfonamides is 1. The van der Waals surface area contributed by atoms with Crippen molar-refractivity contribution in [3.63, 3.8) is 0 Å². The van der Waals surface area contributed by atoms with Gasteiger partial charge in [-0.2, -0.15) is 0 Å². The van der Waals surface area contributed by atoms with Gasteiger partial charge in [-0.25, -0.2) is 13.6 Å². The predicted octanol–water partition coefficient (Wildman–Crippen LogP) is 0.710. The van der Waals surface area contributed by atoms with Gasteiger partial charge in [0.1, 0.15) is 4.90 Å². The first-order valence-electron chi connectivity index (χ1n) is 3.43. The number of rotatable bonds is 2. The molecule has 0 aliphatic carbocycles. The van der Waals surface area contributed by atoms with Gasteiger partial charge in [0.15, 0.2) is 5.75 Å². The number of nitrogens with two attached hydrogens (primary N) is 1. The minimum absolute atomic E-state index is 0.0342. The number of phenolic OH excluding ortho intramolecular Hbond substituents is 1. The summed E-state index contributed by atoms with van der Waals surface area (Å²) in [5, 5.41) is 24.4. The number of sulfonamides is 1. The lowest BCUT2D eigenvalue weighted by Crippen LogP contribution is -2.13. The van der Waals surface area contributed by atoms with Gasteiger partial charge in [0.05, 0.1) is 4.92 Å². The summed E-state index contributed by atoms with van der Waals surface area (Å²) in [6.07, 6.45) is 0. The van der Waals surface area contributed by atoms with Crippen molar-refractivity contribution in [1.29, 1.82) is 0 Å². The monoisotopic (exact) mass is 296 g/mol. The molecule has 1 aromatic carbocycles. The molecule has 0 unspecified atom stereocenters. The zero-order valence-electron chi connectivity index (χ0n) is 7.05. The third-order valence-corrected chi connectivity index (χ3v) is 3.40. The molecule has 0 atom stereocenters. The lowest BCUT2D eigenvalue weighted by Gasteiger charge is -2.02. The largest absolute Gasteiger partial charge is 0.502 e. The SMILES string of the molecule is NS(=O)(=O)c1cc([N+](=O)[O-])c(O)cc1Br. The van der Waals surface area contributed by atoms with Crippen LogP contribution in [0.4, 0.5) is 5.69 Å². The summed E-state index contributed by atoms with van der Waals surface area (Å²) in [5.74, 6) is -0.640. The molecule has 1 aromatic rings. The van der Waals surface area contributed by atoms with E-state index >= 15 is 0 Å². The van der Waals surface area contributed by atoms with Crippen LogP contribution in [0.25, 0.3) is 0 Å². The van der Waals surface area contributed by atoms with E-state index in [1.807, 2.05) is 0 Å². The molecular weight excluding hydrogens is 292 g/mol. The molecule has 1 rings (SSSR count). The van der Waals surface area contributed by atoms with Crippen LogP contribution < -0.4 is 5.14 Å². The maximum Gasteiger partial charge on any atom is 0.312 e. The molecule has 82 valence electrons. The summed E-state index contributed by atoms with van der Waals surface area (Å²) >= 11 is 2.82. The van der Waals surface area contributed by atoms with Gasteiger partial charge in [-0.05, 0) is 15.9 Å². The number of hydrogen-bond donors (Lipinski definition) is 2. The number of aromatic hydroxyl groups is 1. The van der Waals surface area contributed by atoms with Gasteiger partial charge in [0.2, 0.25) is 10.0 Å². The van der Waals surface area contributed by atoms with Crippen molar-refractivity contribution in [1.82, 2.24) is 0 Å². The van der Waals surface area contributed by atoms with Crippen LogP contribution in [-0.2, 0) is 10.0 Å². The molecule has 0 amide bonds. The molecule has 7 nitrogen and oxygen atoms in total. The van der Waals surface area contributed by atoms with Crippen molar-refractivity contribution in [3.8, 4) is 5.75 Å². The van der Waals surface area contributed by atoms with E-state index in [0.29, 0.717) is 6.07 Å². The minimum Gasteiger partial charge on any atom is -0.502 e. The number of benzene rings is 1. The highest BCUT2D eigenvalue weighted by Crippen LogP contribution is 2.33. The first kappa shape index (κ1) is 11.9. The molecule has 0 spiro atoms. The Balaban J connectivity index is 3.58. The molecule has 0 saturated heterocycles. The lowest BCUT2D eigenvalue weighted by atomic mass is 10.3. The second-order valence-electron chi connectivity index (χ2n) is 2.57. The van der Waals surface area contributed by atoms with Crippen molar-refractivity contribution in [2.24, 2.45) is 5.14 Å². The highest BCUT2D eigenvalue weighted by molar-refractivity contribution is 9.10. The van der Waals surface area contributed by atoms with Crippen LogP contribution in [0, 0.1) is 10.1 Å². The Labute approximate surface area is 92.8 Å². The maximum absolute atomic E-state index is 11.0. The summed E-state index contributed by atoms with van der Waals surface area (Å²) in [6.45, 7) is 0. The fourth-order valence-electron chi connectivity index (χ4n) is 0.896. The van der Waals surface area contributed by atoms with Crippen LogP contribution in [0.3, 0.4) is 0 Å². The number of nitro benzene ring substituents is 1. The van der Waals surface area contributed by atoms with Gasteiger partial charge >= 0.3 is 5.69 Å². The summed E-state index contributed by atoms with van der Waals surface area (Å²) in [4.78, 5) is 9.05. The van der Waals surface area contributed by atoms with E-state index in [1.54, 1.807) is 0 Å². The first-order chi connectivity index (χ1) is 6.73. The summed E-state index contributed by atoms with van der Waals surface area (Å²) in [6, 6.07) is 1.59. The highest BCUT2D eigenvalue weighted by Gasteiger charge is 2.22. The van der Waals surface area contributed by atoms with Crippen LogP contribution >= 0.6 is 15.9 Å². The van der Waals surface area contributed by atoms with Gasteiger partial charge in [-0.1, -0.05) is 0 Å². The predicted molar refractivity (Wildman–Crippen MR) is 53.8 cm³/mol. The number of phenols is 1. The van der Waals surface area contributed by atoms with E-state index in [9.17, 15) is 18.5 Å². The smallest absolute Gasteiger partial charge is 0.312 e. The zero-order valence-corrected chi connectivity index (χ0v) is 9.45. The summed E-state index contributed by atoms with van der Waals surface area (Å²) in [7, 11) is -4.07. The Morgan fingerprint density at radius 2 is 2.00 bits per heavy atom. The fourth-order valence-corrected chi connectivity index (χ4v) is 2.51. The average molecular weight is 297 g/mol. The normalized spacial score (nSPS) is 11.3. The Morgan fingerprint density at radius 3 is 2.40 bits per heavy atom. The van der Waals surface area contributed by atoms with E-state index < -0.39 is 31.3 Å². The van der Waals surface area contributed by atoms with Crippen LogP contribution in [-0.4, -0.2) is 18.4 Å². The Bertz CT molecular complexity index is 527. The standard InChI is InChI=1S/C6H5BrN2O5S/c7-3-1-5(10)4(9(11)12)2-6(3)15(8,13)14/h1-2,10H,(H2,8,13,14). The number of nitrogens with zero attached hydrogens (tertiary/aromatic N) is 1. The van der Waals surface area contributed by atoms with Crippen LogP contribution in [0.5, 0.6) is 5.75 Å². The van der Waals surface area contributed by atoms with Crippen LogP contribution in [0.2, 0.25) is 0 Å². The third-order valence-electron chi connectivity index (χ3n) is 1.53. The Kier molecular flexibility index (Phi) is 2.98. The molecule has 0 saturated carbocycles. The third kappa shape index (κ3) is 2.43. The topological polar surface area (TPSA) is 124 Å². The second-order valence-corrected chi connectivity index (χ2v) is 4.96. The molecular formula is C6H5BrN2O5S. The van der Waals surface area contributed by atoms with Crippen molar-refractivity contribution >= 4 is 31.6 Å². The first-order valence-corrected chi connectivity index (χ1v) is 5.77. The number of hydrogen-bond acceptors (Lipinski definition) is 5. The van der Waals surface area contributed by atoms with E-state index in [4.69, 9.17) is 10.2 Å². The van der Waals surface area contributed by atoms with E-state index in [-0.39, 0.29) is 4.47 Å². The van der Waals surface area contributed by atoms with Crippen LogP contribution in [0.1, 0.15) is 0 Å². The molecule has 0 fully saturated rings. The molecule has 0 radical (unpaired) electrons. The summed E-state index contributed by atoms with van der Waals surface area (Å²) < 4.78 is 21.9. The molecule has 0 bridgehead atoms. The van der Waals surface area contributed by atoms with Crippen molar-refractivity contribution in [2.45, 2.75) is 4.90 Å².